The molecule has 0 saturated heterocycles. The molecule has 5 N–H and O–H groups in total. The molecule has 4 aliphatic heterocycles. The van der Waals surface area contributed by atoms with Crippen LogP contribution in [0.15, 0.2) is 91.0 Å². The summed E-state index contributed by atoms with van der Waals surface area (Å²) >= 11 is 0. The molecule has 1 spiro atoms. The van der Waals surface area contributed by atoms with Gasteiger partial charge in [-0.25, -0.2) is 18.4 Å². The van der Waals surface area contributed by atoms with Crippen molar-refractivity contribution >= 4 is 41.0 Å². The minimum atomic E-state index is -1.69. The molecule has 0 bridgehead atoms. The second-order valence-corrected chi connectivity index (χ2v) is 22.3. The Labute approximate surface area is 482 Å². The highest BCUT2D eigenvalue weighted by molar-refractivity contribution is 6.15. The van der Waals surface area contributed by atoms with Crippen molar-refractivity contribution < 1.29 is 86.0 Å². The summed E-state index contributed by atoms with van der Waals surface area (Å²) in [5, 5.41) is 47.4. The molecular formula is C64H66F4N2O14. The predicted molar refractivity (Wildman–Crippen MR) is 302 cm³/mol. The maximum Gasteiger partial charge on any atom is 0.340 e. The molecule has 3 unspecified atom stereocenters. The molecule has 3 atom stereocenters. The number of ketones is 1. The van der Waals surface area contributed by atoms with Gasteiger partial charge in [-0.3, -0.25) is 14.4 Å². The fourth-order valence-electron chi connectivity index (χ4n) is 12.0. The average molecular weight is 1160 g/mol. The number of phenols is 4. The van der Waals surface area contributed by atoms with Crippen LogP contribution in [0.3, 0.4) is 0 Å². The van der Waals surface area contributed by atoms with Crippen molar-refractivity contribution in [3.63, 3.8) is 0 Å². The van der Waals surface area contributed by atoms with E-state index in [1.165, 1.54) is 17.7 Å². The number of carbonyl (C=O) groups is 5. The van der Waals surface area contributed by atoms with Crippen molar-refractivity contribution in [1.82, 2.24) is 0 Å². The van der Waals surface area contributed by atoms with Crippen LogP contribution in [0, 0.1) is 23.3 Å². The number of carboxylic acids is 1. The van der Waals surface area contributed by atoms with Gasteiger partial charge in [0.25, 0.3) is 0 Å². The second-order valence-electron chi connectivity index (χ2n) is 22.3. The molecule has 4 heterocycles. The number of aromatic hydroxyl groups is 4. The first-order valence-corrected chi connectivity index (χ1v) is 27.6. The number of halogens is 4. The quantitative estimate of drug-likeness (QED) is 0.0313. The van der Waals surface area contributed by atoms with E-state index in [0.29, 0.717) is 61.5 Å². The first-order valence-electron chi connectivity index (χ1n) is 27.6. The van der Waals surface area contributed by atoms with Crippen molar-refractivity contribution in [3.8, 4) is 34.5 Å². The smallest absolute Gasteiger partial charge is 0.340 e. The Hall–Kier alpha value is -8.81. The Balaban J connectivity index is 0.000000181. The SMILES string of the molecule is CCOC(=O)CCCN1c2cc(O)ccc2C(C)CC1(C)C.CCOC(=O)CCCN1c2cc3c(cc2C(C)CC1(C)C)C1(OC(=O)c2ccccc21)c1cc(F)c(O)c(F)c1O3.O=C(O)c1ccccc1C(=O)c1cc(F)c(O)c(F)c1O. The molecule has 0 amide bonds. The third-order valence-corrected chi connectivity index (χ3v) is 15.7. The minimum Gasteiger partial charge on any atom is -0.508 e. The molecule has 0 aromatic heterocycles. The Morgan fingerprint density at radius 3 is 1.75 bits per heavy atom. The van der Waals surface area contributed by atoms with E-state index in [-0.39, 0.29) is 63.4 Å². The van der Waals surface area contributed by atoms with E-state index < -0.39 is 75.2 Å². The highest BCUT2D eigenvalue weighted by atomic mass is 19.1. The van der Waals surface area contributed by atoms with Gasteiger partial charge in [-0.15, -0.1) is 0 Å². The van der Waals surface area contributed by atoms with E-state index in [2.05, 4.69) is 51.3 Å². The van der Waals surface area contributed by atoms with E-state index in [0.717, 1.165) is 60.9 Å². The summed E-state index contributed by atoms with van der Waals surface area (Å²) in [6.07, 6.45) is 3.88. The second kappa shape index (κ2) is 24.2. The van der Waals surface area contributed by atoms with Gasteiger partial charge < -0.3 is 54.3 Å². The number of nitrogens with zero attached hydrogens (tertiary/aromatic N) is 2. The number of esters is 3. The van der Waals surface area contributed by atoms with Crippen molar-refractivity contribution in [2.75, 3.05) is 36.1 Å². The summed E-state index contributed by atoms with van der Waals surface area (Å²) < 4.78 is 79.2. The molecule has 20 heteroatoms. The summed E-state index contributed by atoms with van der Waals surface area (Å²) in [6, 6.07) is 22.5. The largest absolute Gasteiger partial charge is 0.508 e. The number of carbonyl (C=O) groups excluding carboxylic acids is 4. The Morgan fingerprint density at radius 1 is 0.619 bits per heavy atom. The van der Waals surface area contributed by atoms with Crippen LogP contribution in [0.1, 0.15) is 170 Å². The van der Waals surface area contributed by atoms with Crippen molar-refractivity contribution in [2.45, 2.75) is 122 Å². The summed E-state index contributed by atoms with van der Waals surface area (Å²) in [5.41, 5.74) is 1.86. The lowest BCUT2D eigenvalue weighted by Gasteiger charge is -2.48. The summed E-state index contributed by atoms with van der Waals surface area (Å²) in [6.45, 7) is 18.7. The zero-order chi connectivity index (χ0) is 61.3. The highest BCUT2D eigenvalue weighted by Crippen LogP contribution is 2.60. The summed E-state index contributed by atoms with van der Waals surface area (Å²) in [7, 11) is 0. The standard InChI is InChI=1S/C32H31F2NO6.C18H27NO3.C14H8F2O5/c1-5-39-26(36)11-8-12-35-24-15-25-21(13-19(24)17(2)16-31(35,3)4)32(20-10-7-6-9-18(20)30(38)41-32)22-14-23(33)28(37)27(34)29(22)40-25;1-5-22-17(21)7-6-10-19-16-11-14(20)8-9-15(16)13(2)12-18(19,3)4;15-9-5-8(12(18)10(16)13(9)19)11(17)6-3-1-2-4-7(6)14(20)21/h6-7,9-10,13-15,17,37H,5,8,11-12,16H2,1-4H3;8-9,11,13,20H,5-7,10,12H2,1-4H3;1-5,18-19H,(H,20,21). The van der Waals surface area contributed by atoms with Gasteiger partial charge in [-0.2, -0.15) is 8.78 Å². The van der Waals surface area contributed by atoms with Crippen LogP contribution < -0.4 is 14.5 Å². The Bertz CT molecular complexity index is 3590. The number of fused-ring (bicyclic) bond motifs is 8. The number of hydrogen-bond donors (Lipinski definition) is 5. The number of phenolic OH excluding ortho intramolecular Hbond substituents is 4. The molecule has 6 aromatic carbocycles. The number of rotatable bonds is 13. The summed E-state index contributed by atoms with van der Waals surface area (Å²) in [4.78, 5) is 64.4. The molecular weight excluding hydrogens is 1100 g/mol. The molecule has 4 aliphatic rings. The summed E-state index contributed by atoms with van der Waals surface area (Å²) in [5.74, 6) is -12.3. The first-order chi connectivity index (χ1) is 39.7. The van der Waals surface area contributed by atoms with Gasteiger partial charge >= 0.3 is 23.9 Å². The van der Waals surface area contributed by atoms with Crippen LogP contribution in [0.25, 0.3) is 0 Å². The zero-order valence-corrected chi connectivity index (χ0v) is 47.7. The number of anilines is 2. The van der Waals surface area contributed by atoms with Crippen LogP contribution >= 0.6 is 0 Å². The van der Waals surface area contributed by atoms with E-state index in [1.807, 2.05) is 25.1 Å². The van der Waals surface area contributed by atoms with Crippen molar-refractivity contribution in [1.29, 1.82) is 0 Å². The van der Waals surface area contributed by atoms with Gasteiger partial charge in [0.1, 0.15) is 11.5 Å². The average Bonchev–Trinajstić information content (AvgIpc) is 1.36. The molecule has 6 aromatic rings. The molecule has 0 fully saturated rings. The van der Waals surface area contributed by atoms with Gasteiger partial charge in [-0.05, 0) is 127 Å². The van der Waals surface area contributed by atoms with Crippen LogP contribution in [0.4, 0.5) is 28.9 Å². The van der Waals surface area contributed by atoms with Crippen LogP contribution in [-0.2, 0) is 29.4 Å². The molecule has 84 heavy (non-hydrogen) atoms. The fraction of sp³-hybridized carbons (Fsp3) is 0.359. The normalized spacial score (nSPS) is 18.2. The van der Waals surface area contributed by atoms with Crippen molar-refractivity contribution in [2.24, 2.45) is 0 Å². The number of ether oxygens (including phenoxy) is 4. The number of carboxylic acid groups (broad SMARTS) is 1. The number of benzene rings is 6. The third kappa shape index (κ3) is 11.6. The third-order valence-electron chi connectivity index (χ3n) is 15.7. The number of aromatic carboxylic acids is 1. The monoisotopic (exact) mass is 1160 g/mol. The molecule has 0 aliphatic carbocycles. The van der Waals surface area contributed by atoms with E-state index in [4.69, 9.17) is 29.2 Å². The number of hydrogen-bond acceptors (Lipinski definition) is 15. The van der Waals surface area contributed by atoms with E-state index in [1.54, 1.807) is 43.3 Å². The highest BCUT2D eigenvalue weighted by Gasteiger charge is 2.56. The van der Waals surface area contributed by atoms with Crippen LogP contribution in [0.2, 0.25) is 0 Å². The van der Waals surface area contributed by atoms with Crippen molar-refractivity contribution in [3.05, 3.63) is 164 Å². The maximum absolute atomic E-state index is 15.4. The predicted octanol–water partition coefficient (Wildman–Crippen LogP) is 12.8. The Kier molecular flexibility index (Phi) is 17.6. The van der Waals surface area contributed by atoms with E-state index in [9.17, 15) is 52.5 Å². The molecule has 16 nitrogen and oxygen atoms in total. The first kappa shape index (κ1) is 61.3. The van der Waals surface area contributed by atoms with Gasteiger partial charge in [0.15, 0.2) is 46.0 Å². The molecule has 0 radical (unpaired) electrons. The molecule has 0 saturated carbocycles. The molecule has 10 rings (SSSR count). The lowest BCUT2D eigenvalue weighted by atomic mass is 9.74. The van der Waals surface area contributed by atoms with Crippen LogP contribution in [0.5, 0.6) is 34.5 Å². The van der Waals surface area contributed by atoms with Gasteiger partial charge in [0.2, 0.25) is 11.6 Å². The minimum absolute atomic E-state index is 0.00880. The zero-order valence-electron chi connectivity index (χ0n) is 47.7. The fourth-order valence-corrected chi connectivity index (χ4v) is 12.0. The topological polar surface area (TPSA) is 230 Å². The van der Waals surface area contributed by atoms with E-state index >= 15 is 4.39 Å². The maximum atomic E-state index is 15.4. The Morgan fingerprint density at radius 2 is 1.15 bits per heavy atom. The molecule has 444 valence electrons. The lowest BCUT2D eigenvalue weighted by Crippen LogP contribution is -2.49. The van der Waals surface area contributed by atoms with Gasteiger partial charge in [0.05, 0.1) is 35.5 Å². The lowest BCUT2D eigenvalue weighted by molar-refractivity contribution is -0.144. The van der Waals surface area contributed by atoms with Gasteiger partial charge in [0, 0.05) is 77.2 Å². The van der Waals surface area contributed by atoms with Gasteiger partial charge in [-0.1, -0.05) is 56.3 Å². The van der Waals surface area contributed by atoms with Crippen LogP contribution in [-0.4, -0.2) is 92.6 Å².